The van der Waals surface area contributed by atoms with Crippen LogP contribution in [0.15, 0.2) is 5.16 Å². The van der Waals surface area contributed by atoms with Crippen molar-refractivity contribution in [1.82, 2.24) is 14.8 Å². The van der Waals surface area contributed by atoms with Gasteiger partial charge in [0.15, 0.2) is 5.16 Å². The van der Waals surface area contributed by atoms with Crippen LogP contribution < -0.4 is 11.1 Å². The van der Waals surface area contributed by atoms with Crippen LogP contribution in [0.5, 0.6) is 0 Å². The zero-order valence-electron chi connectivity index (χ0n) is 18.6. The lowest BCUT2D eigenvalue weighted by Crippen LogP contribution is -2.18. The van der Waals surface area contributed by atoms with Gasteiger partial charge in [-0.1, -0.05) is 32.5 Å². The highest BCUT2D eigenvalue weighted by Crippen LogP contribution is 2.34. The maximum Gasteiger partial charge on any atom is 0.341 e. The summed E-state index contributed by atoms with van der Waals surface area (Å²) in [4.78, 5) is 37.1. The van der Waals surface area contributed by atoms with Gasteiger partial charge >= 0.3 is 5.97 Å². The molecule has 0 aliphatic carbocycles. The summed E-state index contributed by atoms with van der Waals surface area (Å²) in [6.07, 6.45) is 0.575. The predicted octanol–water partition coefficient (Wildman–Crippen LogP) is 3.58. The maximum absolute atomic E-state index is 12.6. The Morgan fingerprint density at radius 2 is 1.90 bits per heavy atom. The number of aromatic nitrogens is 3. The molecule has 0 fully saturated rings. The van der Waals surface area contributed by atoms with Crippen molar-refractivity contribution in [1.29, 1.82) is 0 Å². The second kappa shape index (κ2) is 10.8. The summed E-state index contributed by atoms with van der Waals surface area (Å²) in [6, 6.07) is 0. The average molecular weight is 468 g/mol. The Morgan fingerprint density at radius 1 is 1.23 bits per heavy atom. The Labute approximate surface area is 190 Å². The smallest absolute Gasteiger partial charge is 0.341 e. The molecule has 0 atom stereocenters. The van der Waals surface area contributed by atoms with Crippen molar-refractivity contribution in [3.63, 3.8) is 0 Å². The van der Waals surface area contributed by atoms with Crippen LogP contribution in [0.4, 0.5) is 5.00 Å². The van der Waals surface area contributed by atoms with Gasteiger partial charge in [-0.2, -0.15) is 0 Å². The van der Waals surface area contributed by atoms with E-state index < -0.39 is 11.9 Å². The van der Waals surface area contributed by atoms with E-state index in [0.29, 0.717) is 10.7 Å². The van der Waals surface area contributed by atoms with Crippen molar-refractivity contribution in [3.05, 3.63) is 21.8 Å². The van der Waals surface area contributed by atoms with E-state index in [1.165, 1.54) is 11.8 Å². The van der Waals surface area contributed by atoms with Gasteiger partial charge in [0.25, 0.3) is 5.91 Å². The van der Waals surface area contributed by atoms with Crippen molar-refractivity contribution in [2.45, 2.75) is 71.7 Å². The summed E-state index contributed by atoms with van der Waals surface area (Å²) in [5.41, 5.74) is 5.97. The van der Waals surface area contributed by atoms with E-state index in [-0.39, 0.29) is 39.1 Å². The van der Waals surface area contributed by atoms with E-state index in [0.717, 1.165) is 30.1 Å². The van der Waals surface area contributed by atoms with Crippen molar-refractivity contribution < 1.29 is 19.1 Å². The maximum atomic E-state index is 12.6. The van der Waals surface area contributed by atoms with Gasteiger partial charge in [-0.15, -0.1) is 21.5 Å². The predicted molar refractivity (Wildman–Crippen MR) is 122 cm³/mol. The van der Waals surface area contributed by atoms with Gasteiger partial charge in [0.05, 0.1) is 22.3 Å². The molecule has 0 radical (unpaired) electrons. The molecule has 2 rings (SSSR count). The van der Waals surface area contributed by atoms with Crippen molar-refractivity contribution in [2.75, 3.05) is 11.1 Å². The number of carbonyl (C=O) groups excluding carboxylic acids is 3. The van der Waals surface area contributed by atoms with Crippen LogP contribution >= 0.6 is 23.1 Å². The highest BCUT2D eigenvalue weighted by Gasteiger charge is 2.26. The third kappa shape index (κ3) is 6.07. The highest BCUT2D eigenvalue weighted by molar-refractivity contribution is 7.99. The molecule has 11 heteroatoms. The van der Waals surface area contributed by atoms with E-state index in [1.807, 2.05) is 18.4 Å². The summed E-state index contributed by atoms with van der Waals surface area (Å²) < 4.78 is 7.29. The zero-order valence-corrected chi connectivity index (χ0v) is 20.3. The van der Waals surface area contributed by atoms with Gasteiger partial charge < -0.3 is 20.4 Å². The average Bonchev–Trinajstić information content (AvgIpc) is 3.20. The number of ether oxygens (including phenoxy) is 1. The fraction of sp³-hybridized carbons (Fsp3) is 0.550. The monoisotopic (exact) mass is 467 g/mol. The number of amides is 2. The molecule has 0 spiro atoms. The lowest BCUT2D eigenvalue weighted by molar-refractivity contribution is -0.113. The quantitative estimate of drug-likeness (QED) is 0.403. The summed E-state index contributed by atoms with van der Waals surface area (Å²) in [6.45, 7) is 12.0. The minimum atomic E-state index is -0.662. The van der Waals surface area contributed by atoms with E-state index in [4.69, 9.17) is 10.5 Å². The lowest BCUT2D eigenvalue weighted by atomic mass is 10.1. The number of hydrogen-bond donors (Lipinski definition) is 2. The van der Waals surface area contributed by atoms with Gasteiger partial charge in [0.1, 0.15) is 10.8 Å². The summed E-state index contributed by atoms with van der Waals surface area (Å²) >= 11 is 2.24. The molecule has 0 saturated heterocycles. The van der Waals surface area contributed by atoms with E-state index in [9.17, 15) is 14.4 Å². The molecular formula is C20H29N5O4S2. The number of nitrogens with zero attached hydrogens (tertiary/aromatic N) is 3. The van der Waals surface area contributed by atoms with Crippen molar-refractivity contribution in [3.8, 4) is 0 Å². The van der Waals surface area contributed by atoms with Crippen LogP contribution in [-0.4, -0.2) is 44.4 Å². The molecule has 0 aliphatic rings. The van der Waals surface area contributed by atoms with Crippen LogP contribution in [0.2, 0.25) is 0 Å². The largest absolute Gasteiger partial charge is 0.459 e. The molecule has 3 N–H and O–H groups in total. The first-order valence-electron chi connectivity index (χ1n) is 10.1. The molecule has 0 saturated carbocycles. The molecule has 2 amide bonds. The Kier molecular flexibility index (Phi) is 8.63. The third-order valence-corrected chi connectivity index (χ3v) is 6.40. The normalized spacial score (nSPS) is 11.2. The highest BCUT2D eigenvalue weighted by atomic mass is 32.2. The van der Waals surface area contributed by atoms with Gasteiger partial charge in [-0.25, -0.2) is 4.79 Å². The Balaban J connectivity index is 2.20. The third-order valence-electron chi connectivity index (χ3n) is 4.21. The first kappa shape index (κ1) is 24.9. The molecular weight excluding hydrogens is 438 g/mol. The van der Waals surface area contributed by atoms with E-state index in [1.54, 1.807) is 20.8 Å². The number of thioether (sulfide) groups is 1. The Bertz CT molecular complexity index is 965. The number of anilines is 1. The number of esters is 1. The zero-order chi connectivity index (χ0) is 23.3. The van der Waals surface area contributed by atoms with Gasteiger partial charge in [-0.05, 0) is 32.8 Å². The molecule has 0 unspecified atom stereocenters. The first-order valence-corrected chi connectivity index (χ1v) is 11.9. The molecule has 0 aliphatic heterocycles. The number of rotatable bonds is 10. The van der Waals surface area contributed by atoms with Crippen LogP contribution in [-0.2, 0) is 16.1 Å². The Morgan fingerprint density at radius 3 is 2.45 bits per heavy atom. The van der Waals surface area contributed by atoms with Gasteiger partial charge in [0.2, 0.25) is 5.91 Å². The van der Waals surface area contributed by atoms with Crippen molar-refractivity contribution >= 4 is 45.9 Å². The molecule has 0 bridgehead atoms. The van der Waals surface area contributed by atoms with Gasteiger partial charge in [-0.3, -0.25) is 9.59 Å². The second-order valence-corrected chi connectivity index (χ2v) is 9.53. The topological polar surface area (TPSA) is 129 Å². The van der Waals surface area contributed by atoms with Crippen LogP contribution in [0.3, 0.4) is 0 Å². The molecule has 2 aromatic rings. The first-order chi connectivity index (χ1) is 14.6. The van der Waals surface area contributed by atoms with E-state index >= 15 is 0 Å². The molecule has 2 heterocycles. The standard InChI is InChI=1S/C20H29N5O4S2/c1-7-8-25-17(10(2)3)23-24-20(25)30-9-13(26)22-18-14(19(28)29-11(4)5)12(6)15(31-18)16(21)27/h10-11H,7-9H2,1-6H3,(H2,21,27)(H,22,26). The van der Waals surface area contributed by atoms with Crippen LogP contribution in [0.1, 0.15) is 78.4 Å². The SMILES string of the molecule is CCCn1c(SCC(=O)Nc2sc(C(N)=O)c(C)c2C(=O)OC(C)C)nnc1C(C)C. The van der Waals surface area contributed by atoms with Crippen molar-refractivity contribution in [2.24, 2.45) is 5.73 Å². The van der Waals surface area contributed by atoms with Gasteiger partial charge in [0, 0.05) is 12.5 Å². The minimum absolute atomic E-state index is 0.0709. The second-order valence-electron chi connectivity index (χ2n) is 7.56. The Hall–Kier alpha value is -2.40. The summed E-state index contributed by atoms with van der Waals surface area (Å²) in [7, 11) is 0. The van der Waals surface area contributed by atoms with Crippen LogP contribution in [0, 0.1) is 6.92 Å². The number of hydrogen-bond acceptors (Lipinski definition) is 8. The lowest BCUT2D eigenvalue weighted by Gasteiger charge is -2.11. The number of thiophene rings is 1. The fourth-order valence-electron chi connectivity index (χ4n) is 2.92. The number of nitrogens with one attached hydrogen (secondary N) is 1. The number of primary amides is 1. The molecule has 0 aromatic carbocycles. The molecule has 9 nitrogen and oxygen atoms in total. The van der Waals surface area contributed by atoms with E-state index in [2.05, 4.69) is 22.4 Å². The minimum Gasteiger partial charge on any atom is -0.459 e. The number of carbonyl (C=O) groups is 3. The molecule has 31 heavy (non-hydrogen) atoms. The number of nitrogens with two attached hydrogens (primary N) is 1. The fourth-order valence-corrected chi connectivity index (χ4v) is 4.75. The summed E-state index contributed by atoms with van der Waals surface area (Å²) in [5.74, 6) is -0.436. The van der Waals surface area contributed by atoms with Crippen LogP contribution in [0.25, 0.3) is 0 Å². The molecule has 170 valence electrons. The summed E-state index contributed by atoms with van der Waals surface area (Å²) in [5, 5.41) is 12.1. The molecule has 2 aromatic heterocycles.